The second-order valence-electron chi connectivity index (χ2n) is 4.13. The molecular weight excluding hydrogens is 180 g/mol. The molecule has 0 N–H and O–H groups in total. The third-order valence-corrected chi connectivity index (χ3v) is 2.76. The van der Waals surface area contributed by atoms with E-state index in [9.17, 15) is 4.79 Å². The molecule has 1 aliphatic heterocycles. The van der Waals surface area contributed by atoms with Gasteiger partial charge in [0.2, 0.25) is 0 Å². The summed E-state index contributed by atoms with van der Waals surface area (Å²) in [4.78, 5) is 15.9. The SMILES string of the molecule is COC(=O)C1CN(C)CCN1C(C)C. The molecule has 1 unspecified atom stereocenters. The minimum absolute atomic E-state index is 0.0984. The molecule has 14 heavy (non-hydrogen) atoms. The van der Waals surface area contributed by atoms with Crippen molar-refractivity contribution >= 4 is 5.97 Å². The van der Waals surface area contributed by atoms with Crippen LogP contribution in [0.4, 0.5) is 0 Å². The summed E-state index contributed by atoms with van der Waals surface area (Å²) >= 11 is 0. The monoisotopic (exact) mass is 200 g/mol. The lowest BCUT2D eigenvalue weighted by Gasteiger charge is -2.40. The number of carbonyl (C=O) groups excluding carboxylic acids is 1. The van der Waals surface area contributed by atoms with E-state index in [1.807, 2.05) is 7.05 Å². The molecule has 1 aliphatic rings. The molecule has 0 saturated carbocycles. The molecule has 0 amide bonds. The van der Waals surface area contributed by atoms with Crippen molar-refractivity contribution in [2.24, 2.45) is 0 Å². The van der Waals surface area contributed by atoms with E-state index < -0.39 is 0 Å². The van der Waals surface area contributed by atoms with Crippen LogP contribution in [0.2, 0.25) is 0 Å². The number of hydrogen-bond donors (Lipinski definition) is 0. The number of piperazine rings is 1. The average molecular weight is 200 g/mol. The zero-order valence-electron chi connectivity index (χ0n) is 9.49. The molecule has 0 aromatic heterocycles. The summed E-state index contributed by atoms with van der Waals surface area (Å²) in [5, 5.41) is 0. The number of methoxy groups -OCH3 is 1. The number of hydrogen-bond acceptors (Lipinski definition) is 4. The topological polar surface area (TPSA) is 32.8 Å². The van der Waals surface area contributed by atoms with Crippen LogP contribution in [0.3, 0.4) is 0 Å². The van der Waals surface area contributed by atoms with Gasteiger partial charge in [-0.25, -0.2) is 0 Å². The molecule has 1 fully saturated rings. The molecule has 1 atom stereocenters. The summed E-state index contributed by atoms with van der Waals surface area (Å²) in [6.45, 7) is 6.95. The summed E-state index contributed by atoms with van der Waals surface area (Å²) in [6.07, 6.45) is 0. The zero-order chi connectivity index (χ0) is 10.7. The molecule has 4 nitrogen and oxygen atoms in total. The van der Waals surface area contributed by atoms with Gasteiger partial charge in [-0.1, -0.05) is 0 Å². The number of esters is 1. The number of nitrogens with zero attached hydrogens (tertiary/aromatic N) is 2. The van der Waals surface area contributed by atoms with Crippen LogP contribution in [-0.4, -0.2) is 61.6 Å². The van der Waals surface area contributed by atoms with Gasteiger partial charge >= 0.3 is 5.97 Å². The molecule has 4 heteroatoms. The number of rotatable bonds is 2. The Balaban J connectivity index is 2.68. The highest BCUT2D eigenvalue weighted by atomic mass is 16.5. The van der Waals surface area contributed by atoms with Gasteiger partial charge in [-0.2, -0.15) is 0 Å². The van der Waals surface area contributed by atoms with Crippen molar-refractivity contribution < 1.29 is 9.53 Å². The second kappa shape index (κ2) is 4.75. The van der Waals surface area contributed by atoms with Crippen LogP contribution in [0.5, 0.6) is 0 Å². The van der Waals surface area contributed by atoms with Crippen molar-refractivity contribution in [1.29, 1.82) is 0 Å². The standard InChI is InChI=1S/C10H20N2O2/c1-8(2)12-6-5-11(3)7-9(12)10(13)14-4/h8-9H,5-7H2,1-4H3. The first kappa shape index (κ1) is 11.5. The van der Waals surface area contributed by atoms with Crippen LogP contribution >= 0.6 is 0 Å². The fraction of sp³-hybridized carbons (Fsp3) is 0.900. The van der Waals surface area contributed by atoms with Gasteiger partial charge in [0, 0.05) is 25.7 Å². The quantitative estimate of drug-likeness (QED) is 0.595. The molecule has 82 valence electrons. The molecule has 0 bridgehead atoms. The maximum Gasteiger partial charge on any atom is 0.324 e. The molecule has 1 rings (SSSR count). The number of ether oxygens (including phenoxy) is 1. The minimum atomic E-state index is -0.120. The summed E-state index contributed by atoms with van der Waals surface area (Å²) in [5.41, 5.74) is 0. The van der Waals surface area contributed by atoms with E-state index in [4.69, 9.17) is 4.74 Å². The fourth-order valence-electron chi connectivity index (χ4n) is 1.90. The van der Waals surface area contributed by atoms with E-state index in [1.54, 1.807) is 0 Å². The molecule has 1 heterocycles. The van der Waals surface area contributed by atoms with Crippen molar-refractivity contribution in [1.82, 2.24) is 9.80 Å². The largest absolute Gasteiger partial charge is 0.468 e. The second-order valence-corrected chi connectivity index (χ2v) is 4.13. The lowest BCUT2D eigenvalue weighted by molar-refractivity contribution is -0.150. The Hall–Kier alpha value is -0.610. The summed E-state index contributed by atoms with van der Waals surface area (Å²) in [6, 6.07) is 0.298. The van der Waals surface area contributed by atoms with E-state index in [0.717, 1.165) is 19.6 Å². The first-order valence-corrected chi connectivity index (χ1v) is 5.08. The maximum absolute atomic E-state index is 11.5. The van der Waals surface area contributed by atoms with E-state index in [1.165, 1.54) is 7.11 Å². The van der Waals surface area contributed by atoms with Gasteiger partial charge in [-0.3, -0.25) is 9.69 Å². The van der Waals surface area contributed by atoms with Gasteiger partial charge in [-0.15, -0.1) is 0 Å². The Morgan fingerprint density at radius 1 is 1.43 bits per heavy atom. The van der Waals surface area contributed by atoms with E-state index in [-0.39, 0.29) is 12.0 Å². The van der Waals surface area contributed by atoms with Crippen molar-refractivity contribution in [2.45, 2.75) is 25.9 Å². The summed E-state index contributed by atoms with van der Waals surface area (Å²) in [5.74, 6) is -0.120. The lowest BCUT2D eigenvalue weighted by Crippen LogP contribution is -2.57. The Kier molecular flexibility index (Phi) is 3.89. The molecule has 0 radical (unpaired) electrons. The predicted octanol–water partition coefficient (Wildman–Crippen LogP) is 0.184. The Morgan fingerprint density at radius 3 is 2.57 bits per heavy atom. The number of carbonyl (C=O) groups is 1. The molecular formula is C10H20N2O2. The highest BCUT2D eigenvalue weighted by molar-refractivity contribution is 5.76. The summed E-state index contributed by atoms with van der Waals surface area (Å²) in [7, 11) is 3.49. The van der Waals surface area contributed by atoms with Gasteiger partial charge in [0.15, 0.2) is 0 Å². The zero-order valence-corrected chi connectivity index (χ0v) is 9.49. The molecule has 0 aromatic rings. The van der Waals surface area contributed by atoms with Crippen LogP contribution in [0, 0.1) is 0 Å². The normalized spacial score (nSPS) is 25.4. The summed E-state index contributed by atoms with van der Waals surface area (Å²) < 4.78 is 4.81. The highest BCUT2D eigenvalue weighted by Gasteiger charge is 2.32. The van der Waals surface area contributed by atoms with E-state index in [0.29, 0.717) is 6.04 Å². The predicted molar refractivity (Wildman–Crippen MR) is 55.1 cm³/mol. The fourth-order valence-corrected chi connectivity index (χ4v) is 1.90. The Bertz CT molecular complexity index is 206. The first-order chi connectivity index (χ1) is 6.56. The number of likely N-dealkylation sites (N-methyl/N-ethyl adjacent to an activating group) is 1. The van der Waals surface area contributed by atoms with E-state index >= 15 is 0 Å². The highest BCUT2D eigenvalue weighted by Crippen LogP contribution is 2.13. The Labute approximate surface area is 85.8 Å². The third kappa shape index (κ3) is 2.45. The lowest BCUT2D eigenvalue weighted by atomic mass is 10.1. The molecule has 0 aliphatic carbocycles. The smallest absolute Gasteiger partial charge is 0.324 e. The maximum atomic E-state index is 11.5. The first-order valence-electron chi connectivity index (χ1n) is 5.08. The van der Waals surface area contributed by atoms with Crippen molar-refractivity contribution in [3.63, 3.8) is 0 Å². The van der Waals surface area contributed by atoms with Crippen LogP contribution < -0.4 is 0 Å². The van der Waals surface area contributed by atoms with Gasteiger partial charge in [0.05, 0.1) is 7.11 Å². The van der Waals surface area contributed by atoms with Crippen LogP contribution in [0.15, 0.2) is 0 Å². The molecule has 0 aromatic carbocycles. The van der Waals surface area contributed by atoms with Gasteiger partial charge in [0.1, 0.15) is 6.04 Å². The van der Waals surface area contributed by atoms with Crippen molar-refractivity contribution in [3.05, 3.63) is 0 Å². The van der Waals surface area contributed by atoms with Crippen LogP contribution in [0.1, 0.15) is 13.8 Å². The van der Waals surface area contributed by atoms with Crippen molar-refractivity contribution in [2.75, 3.05) is 33.8 Å². The van der Waals surface area contributed by atoms with E-state index in [2.05, 4.69) is 23.6 Å². The Morgan fingerprint density at radius 2 is 2.07 bits per heavy atom. The molecule has 1 saturated heterocycles. The minimum Gasteiger partial charge on any atom is -0.468 e. The third-order valence-electron chi connectivity index (χ3n) is 2.76. The molecule has 0 spiro atoms. The van der Waals surface area contributed by atoms with Crippen LogP contribution in [0.25, 0.3) is 0 Å². The van der Waals surface area contributed by atoms with Gasteiger partial charge < -0.3 is 9.64 Å². The van der Waals surface area contributed by atoms with Crippen molar-refractivity contribution in [3.8, 4) is 0 Å². The van der Waals surface area contributed by atoms with Gasteiger partial charge in [-0.05, 0) is 20.9 Å². The van der Waals surface area contributed by atoms with Gasteiger partial charge in [0.25, 0.3) is 0 Å². The van der Waals surface area contributed by atoms with Crippen LogP contribution in [-0.2, 0) is 9.53 Å². The average Bonchev–Trinajstić information content (AvgIpc) is 2.16.